The highest BCUT2D eigenvalue weighted by atomic mass is 35.5. The molecule has 1 aliphatic rings. The van der Waals surface area contributed by atoms with E-state index in [1.807, 2.05) is 53.4 Å². The average Bonchev–Trinajstić information content (AvgIpc) is 2.62. The number of rotatable bonds is 4. The van der Waals surface area contributed by atoms with Crippen molar-refractivity contribution in [1.82, 2.24) is 10.2 Å². The molecule has 2 aromatic carbocycles. The van der Waals surface area contributed by atoms with Crippen LogP contribution in [-0.4, -0.2) is 37.6 Å². The summed E-state index contributed by atoms with van der Waals surface area (Å²) in [6, 6.07) is 15.3. The molecule has 1 saturated heterocycles. The van der Waals surface area contributed by atoms with Crippen LogP contribution in [0.4, 0.5) is 0 Å². The Hall–Kier alpha value is -1.88. The van der Waals surface area contributed by atoms with Crippen molar-refractivity contribution in [3.8, 4) is 0 Å². The molecule has 2 aromatic rings. The van der Waals surface area contributed by atoms with Gasteiger partial charge in [-0.25, -0.2) is 0 Å². The lowest BCUT2D eigenvalue weighted by atomic mass is 10.0. The molecule has 1 atom stereocenters. The van der Waals surface area contributed by atoms with Gasteiger partial charge in [-0.15, -0.1) is 0 Å². The van der Waals surface area contributed by atoms with Gasteiger partial charge < -0.3 is 15.0 Å². The Balaban J connectivity index is 1.83. The summed E-state index contributed by atoms with van der Waals surface area (Å²) in [7, 11) is 1.66. The highest BCUT2D eigenvalue weighted by molar-refractivity contribution is 6.30. The van der Waals surface area contributed by atoms with Gasteiger partial charge in [0.1, 0.15) is 0 Å². The predicted molar refractivity (Wildman–Crippen MR) is 95.3 cm³/mol. The molecule has 1 fully saturated rings. The zero-order chi connectivity index (χ0) is 16.9. The second-order valence-corrected chi connectivity index (χ2v) is 6.34. The average molecular weight is 345 g/mol. The SMILES string of the molecule is COCc1ccc(C(=O)N2CCNCC2c2cccc(Cl)c2)cc1. The molecule has 126 valence electrons. The Morgan fingerprint density at radius 2 is 2.08 bits per heavy atom. The Morgan fingerprint density at radius 3 is 2.79 bits per heavy atom. The first-order chi connectivity index (χ1) is 11.7. The van der Waals surface area contributed by atoms with E-state index >= 15 is 0 Å². The molecule has 4 nitrogen and oxygen atoms in total. The number of hydrogen-bond donors (Lipinski definition) is 1. The highest BCUT2D eigenvalue weighted by Crippen LogP contribution is 2.26. The largest absolute Gasteiger partial charge is 0.380 e. The molecule has 0 aromatic heterocycles. The van der Waals surface area contributed by atoms with Crippen molar-refractivity contribution in [2.24, 2.45) is 0 Å². The number of halogens is 1. The first-order valence-electron chi connectivity index (χ1n) is 8.04. The first-order valence-corrected chi connectivity index (χ1v) is 8.42. The van der Waals surface area contributed by atoms with E-state index in [-0.39, 0.29) is 11.9 Å². The molecule has 0 aliphatic carbocycles. The van der Waals surface area contributed by atoms with Gasteiger partial charge in [-0.1, -0.05) is 35.9 Å². The topological polar surface area (TPSA) is 41.6 Å². The maximum atomic E-state index is 13.0. The summed E-state index contributed by atoms with van der Waals surface area (Å²) in [5.41, 5.74) is 2.81. The fraction of sp³-hybridized carbons (Fsp3) is 0.316. The van der Waals surface area contributed by atoms with Gasteiger partial charge in [-0.05, 0) is 35.4 Å². The molecule has 0 bridgehead atoms. The van der Waals surface area contributed by atoms with Crippen LogP contribution in [0.2, 0.25) is 5.02 Å². The summed E-state index contributed by atoms with van der Waals surface area (Å²) < 4.78 is 5.11. The van der Waals surface area contributed by atoms with E-state index in [9.17, 15) is 4.79 Å². The third-order valence-electron chi connectivity index (χ3n) is 4.25. The van der Waals surface area contributed by atoms with Crippen molar-refractivity contribution >= 4 is 17.5 Å². The van der Waals surface area contributed by atoms with E-state index in [1.54, 1.807) is 7.11 Å². The van der Waals surface area contributed by atoms with Crippen molar-refractivity contribution in [1.29, 1.82) is 0 Å². The molecule has 1 N–H and O–H groups in total. The molecule has 0 radical (unpaired) electrons. The van der Waals surface area contributed by atoms with Crippen LogP contribution in [0.25, 0.3) is 0 Å². The summed E-state index contributed by atoms with van der Waals surface area (Å²) in [6.07, 6.45) is 0. The fourth-order valence-corrected chi connectivity index (χ4v) is 3.23. The van der Waals surface area contributed by atoms with Gasteiger partial charge in [0.25, 0.3) is 5.91 Å². The number of methoxy groups -OCH3 is 1. The van der Waals surface area contributed by atoms with E-state index in [4.69, 9.17) is 16.3 Å². The summed E-state index contributed by atoms with van der Waals surface area (Å²) in [6.45, 7) is 2.75. The summed E-state index contributed by atoms with van der Waals surface area (Å²) in [5, 5.41) is 4.05. The smallest absolute Gasteiger partial charge is 0.254 e. The molecule has 3 rings (SSSR count). The van der Waals surface area contributed by atoms with E-state index in [1.165, 1.54) is 0 Å². The molecule has 24 heavy (non-hydrogen) atoms. The number of amides is 1. The van der Waals surface area contributed by atoms with Crippen LogP contribution in [0.1, 0.15) is 27.5 Å². The molecular weight excluding hydrogens is 324 g/mol. The van der Waals surface area contributed by atoms with Crippen LogP contribution in [0, 0.1) is 0 Å². The number of carbonyl (C=O) groups is 1. The Bertz CT molecular complexity index is 703. The maximum Gasteiger partial charge on any atom is 0.254 e. The molecular formula is C19H21ClN2O2. The second kappa shape index (κ2) is 7.79. The Morgan fingerprint density at radius 1 is 1.29 bits per heavy atom. The Labute approximate surface area is 147 Å². The van der Waals surface area contributed by atoms with Crippen LogP contribution < -0.4 is 5.32 Å². The van der Waals surface area contributed by atoms with Crippen LogP contribution in [0.3, 0.4) is 0 Å². The summed E-state index contributed by atoms with van der Waals surface area (Å²) in [4.78, 5) is 14.9. The lowest BCUT2D eigenvalue weighted by Gasteiger charge is -2.36. The van der Waals surface area contributed by atoms with Gasteiger partial charge in [0.2, 0.25) is 0 Å². The van der Waals surface area contributed by atoms with E-state index in [0.29, 0.717) is 23.7 Å². The number of carbonyl (C=O) groups excluding carboxylic acids is 1. The Kier molecular flexibility index (Phi) is 5.51. The van der Waals surface area contributed by atoms with Crippen molar-refractivity contribution < 1.29 is 9.53 Å². The van der Waals surface area contributed by atoms with Gasteiger partial charge in [-0.2, -0.15) is 0 Å². The van der Waals surface area contributed by atoms with Crippen LogP contribution in [0.15, 0.2) is 48.5 Å². The standard InChI is InChI=1S/C19H21ClN2O2/c1-24-13-14-5-7-15(8-6-14)19(23)22-10-9-21-12-18(22)16-3-2-4-17(20)11-16/h2-8,11,18,21H,9-10,12-13H2,1H3. The first kappa shape index (κ1) is 17.0. The molecule has 1 aliphatic heterocycles. The number of ether oxygens (including phenoxy) is 1. The summed E-state index contributed by atoms with van der Waals surface area (Å²) >= 11 is 6.12. The van der Waals surface area contributed by atoms with Crippen LogP contribution >= 0.6 is 11.6 Å². The highest BCUT2D eigenvalue weighted by Gasteiger charge is 2.28. The van der Waals surface area contributed by atoms with Crippen molar-refractivity contribution in [3.05, 3.63) is 70.2 Å². The van der Waals surface area contributed by atoms with Crippen molar-refractivity contribution in [2.45, 2.75) is 12.6 Å². The molecule has 1 amide bonds. The minimum Gasteiger partial charge on any atom is -0.380 e. The molecule has 5 heteroatoms. The van der Waals surface area contributed by atoms with Crippen LogP contribution in [-0.2, 0) is 11.3 Å². The van der Waals surface area contributed by atoms with Gasteiger partial charge in [-0.3, -0.25) is 4.79 Å². The maximum absolute atomic E-state index is 13.0. The molecule has 0 saturated carbocycles. The van der Waals surface area contributed by atoms with Crippen molar-refractivity contribution in [3.63, 3.8) is 0 Å². The number of nitrogens with zero attached hydrogens (tertiary/aromatic N) is 1. The quantitative estimate of drug-likeness (QED) is 0.925. The fourth-order valence-electron chi connectivity index (χ4n) is 3.04. The van der Waals surface area contributed by atoms with Gasteiger partial charge in [0, 0.05) is 37.3 Å². The van der Waals surface area contributed by atoms with Gasteiger partial charge in [0.05, 0.1) is 12.6 Å². The minimum absolute atomic E-state index is 0.0106. The second-order valence-electron chi connectivity index (χ2n) is 5.90. The summed E-state index contributed by atoms with van der Waals surface area (Å²) in [5.74, 6) is 0.0467. The minimum atomic E-state index is -0.0106. The van der Waals surface area contributed by atoms with Gasteiger partial charge >= 0.3 is 0 Å². The number of piperazine rings is 1. The van der Waals surface area contributed by atoms with E-state index < -0.39 is 0 Å². The third-order valence-corrected chi connectivity index (χ3v) is 4.48. The normalized spacial score (nSPS) is 17.8. The third kappa shape index (κ3) is 3.78. The van der Waals surface area contributed by atoms with E-state index in [2.05, 4.69) is 5.32 Å². The zero-order valence-electron chi connectivity index (χ0n) is 13.7. The van der Waals surface area contributed by atoms with Crippen molar-refractivity contribution in [2.75, 3.05) is 26.7 Å². The van der Waals surface area contributed by atoms with Gasteiger partial charge in [0.15, 0.2) is 0 Å². The zero-order valence-corrected chi connectivity index (χ0v) is 14.4. The van der Waals surface area contributed by atoms with E-state index in [0.717, 1.165) is 24.2 Å². The predicted octanol–water partition coefficient (Wildman–Crippen LogP) is 3.27. The monoisotopic (exact) mass is 344 g/mol. The molecule has 1 unspecified atom stereocenters. The number of hydrogen-bond acceptors (Lipinski definition) is 3. The van der Waals surface area contributed by atoms with Crippen LogP contribution in [0.5, 0.6) is 0 Å². The lowest BCUT2D eigenvalue weighted by Crippen LogP contribution is -2.48. The lowest BCUT2D eigenvalue weighted by molar-refractivity contribution is 0.0634. The molecule has 0 spiro atoms. The number of benzene rings is 2. The number of nitrogens with one attached hydrogen (secondary N) is 1. The molecule has 1 heterocycles.